The summed E-state index contributed by atoms with van der Waals surface area (Å²) in [4.78, 5) is 29.5. The molecule has 0 aliphatic rings. The van der Waals surface area contributed by atoms with E-state index in [1.54, 1.807) is 36.8 Å². The highest BCUT2D eigenvalue weighted by Crippen LogP contribution is 2.28. The van der Waals surface area contributed by atoms with Gasteiger partial charge in [0.15, 0.2) is 11.2 Å². The summed E-state index contributed by atoms with van der Waals surface area (Å²) in [5, 5.41) is 0. The predicted molar refractivity (Wildman–Crippen MR) is 124 cm³/mol. The number of hydrogen-bond donors (Lipinski definition) is 0. The minimum absolute atomic E-state index is 0.287. The molecule has 8 heteroatoms. The molecule has 0 saturated carbocycles. The van der Waals surface area contributed by atoms with E-state index in [1.807, 2.05) is 48.5 Å². The van der Waals surface area contributed by atoms with Gasteiger partial charge in [-0.05, 0) is 30.4 Å². The Kier molecular flexibility index (Phi) is 6.27. The number of aromatic nitrogens is 4. The van der Waals surface area contributed by atoms with E-state index in [1.165, 1.54) is 9.13 Å². The average Bonchev–Trinajstić information content (AvgIpc) is 3.17. The van der Waals surface area contributed by atoms with Crippen LogP contribution in [0.3, 0.4) is 0 Å². The third-order valence-corrected chi connectivity index (χ3v) is 6.17. The van der Waals surface area contributed by atoms with Crippen molar-refractivity contribution in [3.8, 4) is 11.5 Å². The Hall–Kier alpha value is -3.26. The van der Waals surface area contributed by atoms with Crippen molar-refractivity contribution < 1.29 is 4.74 Å². The first-order chi connectivity index (χ1) is 15.1. The van der Waals surface area contributed by atoms with Gasteiger partial charge in [0.25, 0.3) is 5.56 Å². The summed E-state index contributed by atoms with van der Waals surface area (Å²) in [5.74, 6) is 3.25. The quantitative estimate of drug-likeness (QED) is 0.395. The molecule has 31 heavy (non-hydrogen) atoms. The lowest BCUT2D eigenvalue weighted by atomic mass is 10.2. The van der Waals surface area contributed by atoms with Gasteiger partial charge in [0.1, 0.15) is 11.5 Å². The van der Waals surface area contributed by atoms with Crippen LogP contribution >= 0.6 is 11.8 Å². The van der Waals surface area contributed by atoms with Crippen LogP contribution in [0.15, 0.2) is 70.5 Å². The van der Waals surface area contributed by atoms with Crippen molar-refractivity contribution in [3.05, 3.63) is 87.3 Å². The van der Waals surface area contributed by atoms with Crippen molar-refractivity contribution in [2.24, 2.45) is 14.1 Å². The highest BCUT2D eigenvalue weighted by molar-refractivity contribution is 7.98. The normalized spacial score (nSPS) is 11.2. The molecule has 0 aliphatic carbocycles. The molecule has 0 fully saturated rings. The van der Waals surface area contributed by atoms with E-state index in [2.05, 4.69) is 11.1 Å². The molecule has 0 bridgehead atoms. The molecule has 2 aromatic heterocycles. The Morgan fingerprint density at radius 3 is 2.55 bits per heavy atom. The summed E-state index contributed by atoms with van der Waals surface area (Å²) >= 11 is 1.75. The first kappa shape index (κ1) is 21.0. The molecule has 0 spiro atoms. The van der Waals surface area contributed by atoms with E-state index < -0.39 is 0 Å². The molecule has 2 heterocycles. The number of benzene rings is 2. The molecule has 0 radical (unpaired) electrons. The fourth-order valence-corrected chi connectivity index (χ4v) is 4.37. The molecule has 0 N–H and O–H groups in total. The summed E-state index contributed by atoms with van der Waals surface area (Å²) in [6.07, 6.45) is 2.27. The molecular weight excluding hydrogens is 412 g/mol. The van der Waals surface area contributed by atoms with Crippen molar-refractivity contribution in [1.82, 2.24) is 18.7 Å². The van der Waals surface area contributed by atoms with Gasteiger partial charge < -0.3 is 9.30 Å². The number of nitrogens with zero attached hydrogens (tertiary/aromatic N) is 4. The van der Waals surface area contributed by atoms with Gasteiger partial charge in [-0.25, -0.2) is 9.78 Å². The number of imidazole rings is 1. The zero-order chi connectivity index (χ0) is 21.8. The van der Waals surface area contributed by atoms with E-state index in [0.29, 0.717) is 24.1 Å². The maximum absolute atomic E-state index is 12.8. The second kappa shape index (κ2) is 9.26. The van der Waals surface area contributed by atoms with Crippen LogP contribution in [0, 0.1) is 0 Å². The zero-order valence-electron chi connectivity index (χ0n) is 17.5. The van der Waals surface area contributed by atoms with Gasteiger partial charge in [-0.3, -0.25) is 13.9 Å². The fourth-order valence-electron chi connectivity index (χ4n) is 3.44. The van der Waals surface area contributed by atoms with Crippen molar-refractivity contribution in [1.29, 1.82) is 0 Å². The number of rotatable bonds is 8. The van der Waals surface area contributed by atoms with E-state index in [4.69, 9.17) is 4.74 Å². The molecule has 0 saturated heterocycles. The highest BCUT2D eigenvalue weighted by Gasteiger charge is 2.14. The maximum atomic E-state index is 12.8. The smallest absolute Gasteiger partial charge is 0.332 e. The van der Waals surface area contributed by atoms with Crippen LogP contribution in [0.2, 0.25) is 0 Å². The van der Waals surface area contributed by atoms with E-state index in [-0.39, 0.29) is 11.2 Å². The summed E-state index contributed by atoms with van der Waals surface area (Å²) in [5.41, 5.74) is 1.35. The summed E-state index contributed by atoms with van der Waals surface area (Å²) < 4.78 is 10.4. The van der Waals surface area contributed by atoms with Crippen LogP contribution in [0.1, 0.15) is 12.0 Å². The zero-order valence-corrected chi connectivity index (χ0v) is 18.3. The Labute approximate surface area is 183 Å². The third kappa shape index (κ3) is 4.44. The molecule has 4 rings (SSSR count). The van der Waals surface area contributed by atoms with Gasteiger partial charge in [0.05, 0.1) is 6.33 Å². The van der Waals surface area contributed by atoms with Gasteiger partial charge in [-0.1, -0.05) is 36.4 Å². The van der Waals surface area contributed by atoms with E-state index in [9.17, 15) is 9.59 Å². The lowest BCUT2D eigenvalue weighted by Gasteiger charge is -2.11. The van der Waals surface area contributed by atoms with Crippen molar-refractivity contribution >= 4 is 22.9 Å². The molecule has 160 valence electrons. The Balaban J connectivity index is 1.38. The third-order valence-electron chi connectivity index (χ3n) is 5.07. The Bertz CT molecular complexity index is 1310. The number of ether oxygens (including phenoxy) is 1. The summed E-state index contributed by atoms with van der Waals surface area (Å²) in [6, 6.07) is 17.7. The molecular formula is C23H24N4O3S. The Morgan fingerprint density at radius 2 is 1.74 bits per heavy atom. The molecule has 4 aromatic rings. The lowest BCUT2D eigenvalue weighted by Crippen LogP contribution is -2.39. The Morgan fingerprint density at radius 1 is 1.00 bits per heavy atom. The number of aryl methyl sites for hydroxylation is 2. The van der Waals surface area contributed by atoms with Crippen LogP contribution in [-0.2, 0) is 26.4 Å². The standard InChI is InChI=1S/C23H24N4O3S/c1-25-16-24-21-20(25)22(28)27(23(29)26(21)2)13-8-14-31-15-17-9-6-7-12-19(17)30-18-10-4-3-5-11-18/h3-7,9-12,16H,8,13-15H2,1-2H3. The number of thioether (sulfide) groups is 1. The van der Waals surface area contributed by atoms with Crippen molar-refractivity contribution in [2.45, 2.75) is 18.7 Å². The molecule has 2 aromatic carbocycles. The molecule has 0 aliphatic heterocycles. The number of para-hydroxylation sites is 2. The van der Waals surface area contributed by atoms with Gasteiger partial charge in [0.2, 0.25) is 0 Å². The minimum Gasteiger partial charge on any atom is -0.457 e. The number of fused-ring (bicyclic) bond motifs is 1. The first-order valence-corrected chi connectivity index (χ1v) is 11.2. The molecule has 7 nitrogen and oxygen atoms in total. The highest BCUT2D eigenvalue weighted by atomic mass is 32.2. The minimum atomic E-state index is -0.331. The summed E-state index contributed by atoms with van der Waals surface area (Å²) in [6.45, 7) is 0.377. The second-order valence-electron chi connectivity index (χ2n) is 7.26. The van der Waals surface area contributed by atoms with E-state index >= 15 is 0 Å². The monoisotopic (exact) mass is 436 g/mol. The van der Waals surface area contributed by atoms with Crippen LogP contribution in [0.25, 0.3) is 11.2 Å². The SMILES string of the molecule is Cn1cnc2c1c(=O)n(CCCSCc1ccccc1Oc1ccccc1)c(=O)n2C. The average molecular weight is 437 g/mol. The van der Waals surface area contributed by atoms with E-state index in [0.717, 1.165) is 28.6 Å². The topological polar surface area (TPSA) is 71.1 Å². The maximum Gasteiger partial charge on any atom is 0.332 e. The molecule has 0 unspecified atom stereocenters. The van der Waals surface area contributed by atoms with Crippen LogP contribution in [0.4, 0.5) is 0 Å². The summed E-state index contributed by atoms with van der Waals surface area (Å²) in [7, 11) is 3.41. The van der Waals surface area contributed by atoms with Crippen LogP contribution in [-0.4, -0.2) is 24.4 Å². The van der Waals surface area contributed by atoms with Crippen LogP contribution < -0.4 is 16.0 Å². The van der Waals surface area contributed by atoms with Crippen molar-refractivity contribution in [3.63, 3.8) is 0 Å². The van der Waals surface area contributed by atoms with Gasteiger partial charge >= 0.3 is 5.69 Å². The largest absolute Gasteiger partial charge is 0.457 e. The van der Waals surface area contributed by atoms with Crippen molar-refractivity contribution in [2.75, 3.05) is 5.75 Å². The first-order valence-electron chi connectivity index (χ1n) is 10.1. The fraction of sp³-hybridized carbons (Fsp3) is 0.261. The van der Waals surface area contributed by atoms with Gasteiger partial charge in [-0.2, -0.15) is 11.8 Å². The second-order valence-corrected chi connectivity index (χ2v) is 8.36. The predicted octanol–water partition coefficient (Wildman–Crippen LogP) is 3.55. The van der Waals surface area contributed by atoms with Crippen LogP contribution in [0.5, 0.6) is 11.5 Å². The molecule has 0 amide bonds. The molecule has 0 atom stereocenters. The van der Waals surface area contributed by atoms with Gasteiger partial charge in [0, 0.05) is 32.0 Å². The number of hydrogen-bond acceptors (Lipinski definition) is 5. The lowest BCUT2D eigenvalue weighted by molar-refractivity contribution is 0.478. The van der Waals surface area contributed by atoms with Gasteiger partial charge in [-0.15, -0.1) is 0 Å².